The second-order valence-electron chi connectivity index (χ2n) is 5.19. The monoisotopic (exact) mass is 329 g/mol. The van der Waals surface area contributed by atoms with Crippen molar-refractivity contribution in [1.29, 1.82) is 0 Å². The SMILES string of the molecule is Cc1cc(Cl)ccc1/C=N/NC(=O)CCCNc1ccccc1. The number of nitrogens with zero attached hydrogens (tertiary/aromatic N) is 1. The molecule has 2 N–H and O–H groups in total. The number of rotatable bonds is 7. The van der Waals surface area contributed by atoms with Crippen LogP contribution in [0.2, 0.25) is 5.02 Å². The number of carbonyl (C=O) groups excluding carboxylic acids is 1. The third kappa shape index (κ3) is 6.12. The van der Waals surface area contributed by atoms with Crippen LogP contribution in [0, 0.1) is 6.92 Å². The first-order chi connectivity index (χ1) is 11.1. The van der Waals surface area contributed by atoms with E-state index in [2.05, 4.69) is 15.8 Å². The highest BCUT2D eigenvalue weighted by atomic mass is 35.5. The molecule has 5 heteroatoms. The van der Waals surface area contributed by atoms with E-state index >= 15 is 0 Å². The molecule has 0 heterocycles. The van der Waals surface area contributed by atoms with E-state index in [1.165, 1.54) is 0 Å². The molecule has 2 aromatic carbocycles. The zero-order valence-corrected chi connectivity index (χ0v) is 13.8. The summed E-state index contributed by atoms with van der Waals surface area (Å²) >= 11 is 5.90. The smallest absolute Gasteiger partial charge is 0.240 e. The Morgan fingerprint density at radius 3 is 2.74 bits per heavy atom. The van der Waals surface area contributed by atoms with Crippen molar-refractivity contribution >= 4 is 29.4 Å². The molecule has 4 nitrogen and oxygen atoms in total. The van der Waals surface area contributed by atoms with Crippen molar-refractivity contribution in [3.8, 4) is 0 Å². The van der Waals surface area contributed by atoms with Crippen molar-refractivity contribution in [3.05, 3.63) is 64.7 Å². The van der Waals surface area contributed by atoms with E-state index in [0.717, 1.165) is 29.8 Å². The number of nitrogens with one attached hydrogen (secondary N) is 2. The second-order valence-corrected chi connectivity index (χ2v) is 5.63. The molecule has 1 amide bonds. The molecule has 0 radical (unpaired) electrons. The Kier molecular flexibility index (Phi) is 6.63. The number of hydrogen-bond acceptors (Lipinski definition) is 3. The molecule has 0 bridgehead atoms. The van der Waals surface area contributed by atoms with Gasteiger partial charge in [0.25, 0.3) is 0 Å². The van der Waals surface area contributed by atoms with Gasteiger partial charge >= 0.3 is 0 Å². The average Bonchev–Trinajstić information content (AvgIpc) is 2.55. The maximum Gasteiger partial charge on any atom is 0.240 e. The highest BCUT2D eigenvalue weighted by molar-refractivity contribution is 6.30. The first-order valence-electron chi connectivity index (χ1n) is 7.52. The molecular weight excluding hydrogens is 310 g/mol. The van der Waals surface area contributed by atoms with Gasteiger partial charge in [-0.1, -0.05) is 35.9 Å². The summed E-state index contributed by atoms with van der Waals surface area (Å²) in [6.07, 6.45) is 2.80. The maximum atomic E-state index is 11.7. The zero-order chi connectivity index (χ0) is 16.5. The Bertz CT molecular complexity index is 671. The number of hydrazone groups is 1. The summed E-state index contributed by atoms with van der Waals surface area (Å²) in [6.45, 7) is 2.70. The fourth-order valence-corrected chi connectivity index (χ4v) is 2.28. The molecule has 2 aromatic rings. The van der Waals surface area contributed by atoms with Gasteiger partial charge in [0.1, 0.15) is 0 Å². The lowest BCUT2D eigenvalue weighted by molar-refractivity contribution is -0.121. The Balaban J connectivity index is 1.67. The van der Waals surface area contributed by atoms with Crippen LogP contribution in [0.5, 0.6) is 0 Å². The van der Waals surface area contributed by atoms with Gasteiger partial charge < -0.3 is 5.32 Å². The number of anilines is 1. The summed E-state index contributed by atoms with van der Waals surface area (Å²) in [5, 5.41) is 7.93. The number of carbonyl (C=O) groups is 1. The van der Waals surface area contributed by atoms with Crippen LogP contribution >= 0.6 is 11.6 Å². The number of amides is 1. The largest absolute Gasteiger partial charge is 0.385 e. The van der Waals surface area contributed by atoms with Gasteiger partial charge in [-0.15, -0.1) is 0 Å². The van der Waals surface area contributed by atoms with Crippen LogP contribution in [0.3, 0.4) is 0 Å². The van der Waals surface area contributed by atoms with E-state index in [9.17, 15) is 4.79 Å². The highest BCUT2D eigenvalue weighted by Crippen LogP contribution is 2.13. The molecule has 120 valence electrons. The number of benzene rings is 2. The van der Waals surface area contributed by atoms with Gasteiger partial charge in [-0.3, -0.25) is 4.79 Å². The van der Waals surface area contributed by atoms with Crippen molar-refractivity contribution in [2.75, 3.05) is 11.9 Å². The topological polar surface area (TPSA) is 53.5 Å². The minimum atomic E-state index is -0.0947. The number of para-hydroxylation sites is 1. The summed E-state index contributed by atoms with van der Waals surface area (Å²) in [7, 11) is 0. The molecule has 0 unspecified atom stereocenters. The third-order valence-corrected chi connectivity index (χ3v) is 3.54. The van der Waals surface area contributed by atoms with Crippen LogP contribution in [-0.4, -0.2) is 18.7 Å². The Hall–Kier alpha value is -2.33. The van der Waals surface area contributed by atoms with Crippen molar-refractivity contribution in [2.45, 2.75) is 19.8 Å². The van der Waals surface area contributed by atoms with Crippen LogP contribution < -0.4 is 10.7 Å². The van der Waals surface area contributed by atoms with E-state index in [4.69, 9.17) is 11.6 Å². The number of halogens is 1. The fraction of sp³-hybridized carbons (Fsp3) is 0.222. The fourth-order valence-electron chi connectivity index (χ4n) is 2.05. The summed E-state index contributed by atoms with van der Waals surface area (Å²) in [5.74, 6) is -0.0947. The van der Waals surface area contributed by atoms with Crippen LogP contribution in [0.15, 0.2) is 53.6 Å². The van der Waals surface area contributed by atoms with Gasteiger partial charge in [-0.25, -0.2) is 5.43 Å². The molecule has 0 spiro atoms. The molecule has 0 atom stereocenters. The number of hydrogen-bond donors (Lipinski definition) is 2. The summed E-state index contributed by atoms with van der Waals surface area (Å²) in [5.41, 5.74) is 5.55. The maximum absolute atomic E-state index is 11.7. The van der Waals surface area contributed by atoms with Crippen LogP contribution in [0.25, 0.3) is 0 Å². The van der Waals surface area contributed by atoms with Crippen LogP contribution in [0.1, 0.15) is 24.0 Å². The molecule has 0 aliphatic heterocycles. The minimum Gasteiger partial charge on any atom is -0.385 e. The van der Waals surface area contributed by atoms with Gasteiger partial charge in [0, 0.05) is 23.7 Å². The Morgan fingerprint density at radius 2 is 2.00 bits per heavy atom. The quantitative estimate of drug-likeness (QED) is 0.458. The molecule has 0 fully saturated rings. The van der Waals surface area contributed by atoms with Crippen LogP contribution in [0.4, 0.5) is 5.69 Å². The van der Waals surface area contributed by atoms with Gasteiger partial charge in [0.2, 0.25) is 5.91 Å². The molecule has 2 rings (SSSR count). The minimum absolute atomic E-state index is 0.0947. The van der Waals surface area contributed by atoms with E-state index in [1.807, 2.05) is 49.4 Å². The first kappa shape index (κ1) is 17.0. The number of aryl methyl sites for hydroxylation is 1. The predicted molar refractivity (Wildman–Crippen MR) is 96.1 cm³/mol. The van der Waals surface area contributed by atoms with E-state index in [-0.39, 0.29) is 5.91 Å². The molecule has 0 aliphatic carbocycles. The average molecular weight is 330 g/mol. The lowest BCUT2D eigenvalue weighted by Crippen LogP contribution is -2.18. The van der Waals surface area contributed by atoms with Crippen molar-refractivity contribution in [3.63, 3.8) is 0 Å². The molecule has 0 saturated heterocycles. The normalized spacial score (nSPS) is 10.7. The molecule has 0 saturated carbocycles. The lowest BCUT2D eigenvalue weighted by atomic mass is 10.1. The Morgan fingerprint density at radius 1 is 1.22 bits per heavy atom. The van der Waals surface area contributed by atoms with E-state index in [0.29, 0.717) is 11.4 Å². The third-order valence-electron chi connectivity index (χ3n) is 3.31. The van der Waals surface area contributed by atoms with Gasteiger partial charge in [-0.2, -0.15) is 5.10 Å². The van der Waals surface area contributed by atoms with Gasteiger partial charge in [0.15, 0.2) is 0 Å². The highest BCUT2D eigenvalue weighted by Gasteiger charge is 2.00. The molecule has 0 aliphatic rings. The van der Waals surface area contributed by atoms with Crippen molar-refractivity contribution < 1.29 is 4.79 Å². The zero-order valence-electron chi connectivity index (χ0n) is 13.1. The predicted octanol–water partition coefficient (Wildman–Crippen LogP) is 3.99. The van der Waals surface area contributed by atoms with Crippen LogP contribution in [-0.2, 0) is 4.79 Å². The first-order valence-corrected chi connectivity index (χ1v) is 7.90. The second kappa shape index (κ2) is 8.96. The lowest BCUT2D eigenvalue weighted by Gasteiger charge is -2.05. The molecular formula is C18H20ClN3O. The van der Waals surface area contributed by atoms with E-state index in [1.54, 1.807) is 12.3 Å². The Labute approximate surface area is 141 Å². The van der Waals surface area contributed by atoms with Crippen molar-refractivity contribution in [2.24, 2.45) is 5.10 Å². The standard InChI is InChI=1S/C18H20ClN3O/c1-14-12-16(19)10-9-15(14)13-21-22-18(23)8-5-11-20-17-6-3-2-4-7-17/h2-4,6-7,9-10,12-13,20H,5,8,11H2,1H3,(H,22,23)/b21-13+. The van der Waals surface area contributed by atoms with Crippen molar-refractivity contribution in [1.82, 2.24) is 5.43 Å². The summed E-state index contributed by atoms with van der Waals surface area (Å²) in [6, 6.07) is 15.5. The van der Waals surface area contributed by atoms with Gasteiger partial charge in [0.05, 0.1) is 6.21 Å². The van der Waals surface area contributed by atoms with Gasteiger partial charge in [-0.05, 0) is 48.7 Å². The molecule has 23 heavy (non-hydrogen) atoms. The van der Waals surface area contributed by atoms with E-state index < -0.39 is 0 Å². The molecule has 0 aromatic heterocycles. The summed E-state index contributed by atoms with van der Waals surface area (Å²) in [4.78, 5) is 11.7. The summed E-state index contributed by atoms with van der Waals surface area (Å²) < 4.78 is 0.